The van der Waals surface area contributed by atoms with Crippen molar-refractivity contribution in [3.05, 3.63) is 23.8 Å². The number of rotatable bonds is 5. The van der Waals surface area contributed by atoms with E-state index in [9.17, 15) is 4.79 Å². The molecule has 0 aliphatic rings. The highest BCUT2D eigenvalue weighted by Crippen LogP contribution is 2.25. The molecule has 1 aromatic rings. The van der Waals surface area contributed by atoms with Gasteiger partial charge in [0.25, 0.3) is 0 Å². The molecule has 0 amide bonds. The second kappa shape index (κ2) is 9.10. The summed E-state index contributed by atoms with van der Waals surface area (Å²) in [5.41, 5.74) is 5.86. The van der Waals surface area contributed by atoms with E-state index >= 15 is 0 Å². The number of hydrogen-bond acceptors (Lipinski definition) is 7. The van der Waals surface area contributed by atoms with E-state index in [1.54, 1.807) is 0 Å². The van der Waals surface area contributed by atoms with E-state index in [2.05, 4.69) is 0 Å². The Morgan fingerprint density at radius 1 is 1.15 bits per heavy atom. The zero-order valence-electron chi connectivity index (χ0n) is 10.7. The van der Waals surface area contributed by atoms with Crippen LogP contribution in [0.25, 0.3) is 0 Å². The van der Waals surface area contributed by atoms with Crippen LogP contribution in [0.4, 0.5) is 0 Å². The molecule has 0 fully saturated rings. The lowest BCUT2D eigenvalue weighted by Crippen LogP contribution is -2.32. The lowest BCUT2D eigenvalue weighted by Gasteiger charge is -2.06. The molecule has 0 heterocycles. The Kier molecular flexibility index (Phi) is 8.25. The third kappa shape index (κ3) is 6.90. The fourth-order valence-corrected chi connectivity index (χ4v) is 1.09. The molecule has 1 unspecified atom stereocenters. The number of nitrogens with two attached hydrogens (primary N) is 1. The standard InChI is InChI=1S/C9H11NO4.C3H8O3/c10-6(9(13)14)3-5-1-2-7(11)8(12)4-5;4-1-3(6)2-5/h1-2,4,6,11-12H,3,10H2,(H,13,14);3-6H,1-2H2. The number of benzene rings is 1. The quantitative estimate of drug-likeness (QED) is 0.318. The van der Waals surface area contributed by atoms with Crippen LogP contribution in [0.1, 0.15) is 5.56 Å². The number of aliphatic hydroxyl groups excluding tert-OH is 3. The maximum absolute atomic E-state index is 10.4. The first-order chi connectivity index (χ1) is 9.31. The lowest BCUT2D eigenvalue weighted by atomic mass is 10.1. The summed E-state index contributed by atoms with van der Waals surface area (Å²) in [6.45, 7) is -0.729. The van der Waals surface area contributed by atoms with Gasteiger partial charge >= 0.3 is 5.97 Å². The summed E-state index contributed by atoms with van der Waals surface area (Å²) in [6.07, 6.45) is -0.839. The predicted octanol–water partition coefficient (Wildman–Crippen LogP) is -1.62. The number of hydrogen-bond donors (Lipinski definition) is 7. The van der Waals surface area contributed by atoms with Crippen LogP contribution in [-0.4, -0.2) is 62.0 Å². The van der Waals surface area contributed by atoms with Crippen molar-refractivity contribution >= 4 is 5.97 Å². The molecule has 1 atom stereocenters. The maximum Gasteiger partial charge on any atom is 0.320 e. The number of carbonyl (C=O) groups is 1. The van der Waals surface area contributed by atoms with Gasteiger partial charge in [-0.15, -0.1) is 0 Å². The van der Waals surface area contributed by atoms with Crippen LogP contribution in [0.2, 0.25) is 0 Å². The van der Waals surface area contributed by atoms with E-state index in [-0.39, 0.29) is 31.1 Å². The molecule has 0 saturated heterocycles. The zero-order chi connectivity index (χ0) is 15.7. The maximum atomic E-state index is 10.4. The van der Waals surface area contributed by atoms with E-state index in [1.807, 2.05) is 0 Å². The largest absolute Gasteiger partial charge is 0.504 e. The molecule has 0 aliphatic carbocycles. The van der Waals surface area contributed by atoms with Crippen molar-refractivity contribution in [2.45, 2.75) is 18.6 Å². The molecule has 8 N–H and O–H groups in total. The Balaban J connectivity index is 0.000000511. The summed E-state index contributed by atoms with van der Waals surface area (Å²) in [7, 11) is 0. The summed E-state index contributed by atoms with van der Waals surface area (Å²) in [4.78, 5) is 10.4. The molecular formula is C12H19NO7. The van der Waals surface area contributed by atoms with Gasteiger partial charge in [-0.3, -0.25) is 4.79 Å². The van der Waals surface area contributed by atoms with Crippen LogP contribution >= 0.6 is 0 Å². The average molecular weight is 289 g/mol. The first-order valence-corrected chi connectivity index (χ1v) is 5.70. The van der Waals surface area contributed by atoms with E-state index in [0.29, 0.717) is 5.56 Å². The Hall–Kier alpha value is -1.87. The van der Waals surface area contributed by atoms with Crippen LogP contribution in [0.3, 0.4) is 0 Å². The number of aliphatic carboxylic acids is 1. The van der Waals surface area contributed by atoms with Crippen LogP contribution in [-0.2, 0) is 11.2 Å². The van der Waals surface area contributed by atoms with Crippen molar-refractivity contribution in [2.75, 3.05) is 13.2 Å². The minimum Gasteiger partial charge on any atom is -0.504 e. The molecule has 1 aromatic carbocycles. The van der Waals surface area contributed by atoms with Gasteiger partial charge in [0.05, 0.1) is 13.2 Å². The SMILES string of the molecule is NC(Cc1ccc(O)c(O)c1)C(=O)O.OCC(O)CO. The Morgan fingerprint density at radius 2 is 1.70 bits per heavy atom. The number of phenolic OH excluding ortho intramolecular Hbond substituents is 2. The van der Waals surface area contributed by atoms with Crippen molar-refractivity contribution in [2.24, 2.45) is 5.73 Å². The van der Waals surface area contributed by atoms with E-state index in [0.717, 1.165) is 0 Å². The molecule has 0 aromatic heterocycles. The van der Waals surface area contributed by atoms with E-state index in [1.165, 1.54) is 18.2 Å². The first kappa shape index (κ1) is 18.1. The van der Waals surface area contributed by atoms with Gasteiger partial charge in [0, 0.05) is 0 Å². The second-order valence-electron chi connectivity index (χ2n) is 3.99. The van der Waals surface area contributed by atoms with Crippen LogP contribution < -0.4 is 5.73 Å². The second-order valence-corrected chi connectivity index (χ2v) is 3.99. The fraction of sp³-hybridized carbons (Fsp3) is 0.417. The number of phenols is 2. The van der Waals surface area contributed by atoms with Gasteiger partial charge in [-0.25, -0.2) is 0 Å². The minimum atomic E-state index is -1.10. The van der Waals surface area contributed by atoms with Crippen LogP contribution in [0.15, 0.2) is 18.2 Å². The number of aromatic hydroxyl groups is 2. The zero-order valence-corrected chi connectivity index (χ0v) is 10.7. The molecule has 0 radical (unpaired) electrons. The van der Waals surface area contributed by atoms with Gasteiger partial charge in [0.15, 0.2) is 11.5 Å². The summed E-state index contributed by atoms with van der Waals surface area (Å²) >= 11 is 0. The topological polar surface area (TPSA) is 164 Å². The van der Waals surface area contributed by atoms with E-state index in [4.69, 9.17) is 36.4 Å². The number of carboxylic acids is 1. The first-order valence-electron chi connectivity index (χ1n) is 5.70. The van der Waals surface area contributed by atoms with Crippen LogP contribution in [0, 0.1) is 0 Å². The molecule has 1 rings (SSSR count). The molecule has 0 bridgehead atoms. The Morgan fingerprint density at radius 3 is 2.05 bits per heavy atom. The van der Waals surface area contributed by atoms with Gasteiger partial charge in [-0.2, -0.15) is 0 Å². The van der Waals surface area contributed by atoms with Crippen molar-refractivity contribution in [3.8, 4) is 11.5 Å². The van der Waals surface area contributed by atoms with E-state index < -0.39 is 18.1 Å². The molecular weight excluding hydrogens is 270 g/mol. The van der Waals surface area contributed by atoms with Crippen LogP contribution in [0.5, 0.6) is 11.5 Å². The Bertz CT molecular complexity index is 420. The highest BCUT2D eigenvalue weighted by molar-refractivity contribution is 5.73. The van der Waals surface area contributed by atoms with Crippen molar-refractivity contribution < 1.29 is 35.4 Å². The fourth-order valence-electron chi connectivity index (χ4n) is 1.09. The van der Waals surface area contributed by atoms with Gasteiger partial charge < -0.3 is 36.4 Å². The summed E-state index contributed by atoms with van der Waals surface area (Å²) in [5.74, 6) is -1.62. The molecule has 114 valence electrons. The summed E-state index contributed by atoms with van der Waals surface area (Å²) in [5, 5.41) is 50.6. The average Bonchev–Trinajstić information content (AvgIpc) is 2.42. The molecule has 8 nitrogen and oxygen atoms in total. The van der Waals surface area contributed by atoms with Gasteiger partial charge in [-0.1, -0.05) is 6.07 Å². The predicted molar refractivity (Wildman–Crippen MR) is 69.3 cm³/mol. The van der Waals surface area contributed by atoms with Crippen molar-refractivity contribution in [1.29, 1.82) is 0 Å². The van der Waals surface area contributed by atoms with Crippen molar-refractivity contribution in [3.63, 3.8) is 0 Å². The van der Waals surface area contributed by atoms with Gasteiger partial charge in [0.2, 0.25) is 0 Å². The molecule has 0 saturated carbocycles. The lowest BCUT2D eigenvalue weighted by molar-refractivity contribution is -0.138. The minimum absolute atomic E-state index is 0.114. The number of carboxylic acid groups (broad SMARTS) is 1. The highest BCUT2D eigenvalue weighted by atomic mass is 16.4. The van der Waals surface area contributed by atoms with Gasteiger partial charge in [-0.05, 0) is 24.1 Å². The molecule has 0 aliphatic heterocycles. The monoisotopic (exact) mass is 289 g/mol. The smallest absolute Gasteiger partial charge is 0.320 e. The molecule has 20 heavy (non-hydrogen) atoms. The van der Waals surface area contributed by atoms with Gasteiger partial charge in [0.1, 0.15) is 12.1 Å². The third-order valence-electron chi connectivity index (χ3n) is 2.23. The molecule has 8 heteroatoms. The Labute approximate surface area is 115 Å². The van der Waals surface area contributed by atoms with Crippen molar-refractivity contribution in [1.82, 2.24) is 0 Å². The normalized spacial score (nSPS) is 11.7. The molecule has 0 spiro atoms. The summed E-state index contributed by atoms with van der Waals surface area (Å²) < 4.78 is 0. The highest BCUT2D eigenvalue weighted by Gasteiger charge is 2.12. The summed E-state index contributed by atoms with van der Waals surface area (Å²) in [6, 6.07) is 3.09. The number of aliphatic hydroxyl groups is 3. The third-order valence-corrected chi connectivity index (χ3v) is 2.23.